The van der Waals surface area contributed by atoms with E-state index in [4.69, 9.17) is 15.7 Å². The standard InChI is InChI=1S/C17H16N2O2/c18-11-14-2-1-3-15(10-14)12-21-17(20)9-6-13-4-7-16(19)8-5-13/h1-5,7-8,10H,6,9,12,19H2. The molecule has 4 heteroatoms. The number of hydrogen-bond acceptors (Lipinski definition) is 4. The van der Waals surface area contributed by atoms with Crippen LogP contribution < -0.4 is 5.73 Å². The van der Waals surface area contributed by atoms with E-state index in [1.165, 1.54) is 0 Å². The number of aryl methyl sites for hydroxylation is 1. The Morgan fingerprint density at radius 1 is 1.14 bits per heavy atom. The molecular formula is C17H16N2O2. The molecule has 0 aromatic heterocycles. The van der Waals surface area contributed by atoms with Crippen LogP contribution in [-0.2, 0) is 22.6 Å². The zero-order valence-corrected chi connectivity index (χ0v) is 11.6. The van der Waals surface area contributed by atoms with Gasteiger partial charge in [0.05, 0.1) is 11.6 Å². The second-order valence-corrected chi connectivity index (χ2v) is 4.71. The molecule has 2 rings (SSSR count). The Morgan fingerprint density at radius 3 is 2.62 bits per heavy atom. The van der Waals surface area contributed by atoms with Crippen molar-refractivity contribution >= 4 is 11.7 Å². The molecule has 0 saturated heterocycles. The number of nitrogens with two attached hydrogens (primary N) is 1. The third kappa shape index (κ3) is 4.66. The fourth-order valence-electron chi connectivity index (χ4n) is 1.90. The number of anilines is 1. The van der Waals surface area contributed by atoms with Crippen LogP contribution in [0.4, 0.5) is 5.69 Å². The highest BCUT2D eigenvalue weighted by Crippen LogP contribution is 2.10. The minimum Gasteiger partial charge on any atom is -0.461 e. The van der Waals surface area contributed by atoms with Gasteiger partial charge < -0.3 is 10.5 Å². The van der Waals surface area contributed by atoms with Crippen LogP contribution in [0.1, 0.15) is 23.1 Å². The van der Waals surface area contributed by atoms with Crippen molar-refractivity contribution in [1.29, 1.82) is 5.26 Å². The van der Waals surface area contributed by atoms with Crippen molar-refractivity contribution < 1.29 is 9.53 Å². The van der Waals surface area contributed by atoms with Gasteiger partial charge in [0.2, 0.25) is 0 Å². The maximum atomic E-state index is 11.7. The lowest BCUT2D eigenvalue weighted by Crippen LogP contribution is -2.06. The Balaban J connectivity index is 1.79. The lowest BCUT2D eigenvalue weighted by atomic mass is 10.1. The predicted octanol–water partition coefficient (Wildman–Crippen LogP) is 2.82. The van der Waals surface area contributed by atoms with E-state index in [1.54, 1.807) is 18.2 Å². The summed E-state index contributed by atoms with van der Waals surface area (Å²) in [5.41, 5.74) is 8.73. The number of hydrogen-bond donors (Lipinski definition) is 1. The molecule has 4 nitrogen and oxygen atoms in total. The van der Waals surface area contributed by atoms with E-state index in [-0.39, 0.29) is 12.6 Å². The number of benzene rings is 2. The average Bonchev–Trinajstić information content (AvgIpc) is 2.52. The van der Waals surface area contributed by atoms with Crippen LogP contribution in [0.3, 0.4) is 0 Å². The number of carbonyl (C=O) groups excluding carboxylic acids is 1. The highest BCUT2D eigenvalue weighted by Gasteiger charge is 2.05. The summed E-state index contributed by atoms with van der Waals surface area (Å²) < 4.78 is 5.20. The van der Waals surface area contributed by atoms with E-state index < -0.39 is 0 Å². The van der Waals surface area contributed by atoms with Gasteiger partial charge in [-0.15, -0.1) is 0 Å². The molecule has 0 atom stereocenters. The molecule has 0 unspecified atom stereocenters. The summed E-state index contributed by atoms with van der Waals surface area (Å²) in [6.45, 7) is 0.191. The molecule has 2 aromatic rings. The zero-order valence-electron chi connectivity index (χ0n) is 11.6. The van der Waals surface area contributed by atoms with E-state index in [9.17, 15) is 4.79 Å². The van der Waals surface area contributed by atoms with Crippen molar-refractivity contribution in [2.75, 3.05) is 5.73 Å². The number of nitrogens with zero attached hydrogens (tertiary/aromatic N) is 1. The van der Waals surface area contributed by atoms with Gasteiger partial charge in [-0.25, -0.2) is 0 Å². The molecule has 21 heavy (non-hydrogen) atoms. The molecule has 0 amide bonds. The van der Waals surface area contributed by atoms with Gasteiger partial charge >= 0.3 is 5.97 Å². The highest BCUT2D eigenvalue weighted by atomic mass is 16.5. The summed E-state index contributed by atoms with van der Waals surface area (Å²) in [5, 5.41) is 8.80. The summed E-state index contributed by atoms with van der Waals surface area (Å²) in [4.78, 5) is 11.7. The van der Waals surface area contributed by atoms with Crippen LogP contribution in [0.2, 0.25) is 0 Å². The molecule has 0 saturated carbocycles. The van der Waals surface area contributed by atoms with Crippen LogP contribution in [0.15, 0.2) is 48.5 Å². The molecule has 2 aromatic carbocycles. The first-order valence-corrected chi connectivity index (χ1v) is 6.66. The van der Waals surface area contributed by atoms with Gasteiger partial charge in [0.25, 0.3) is 0 Å². The van der Waals surface area contributed by atoms with Crippen LogP contribution in [0.25, 0.3) is 0 Å². The second kappa shape index (κ2) is 7.11. The normalized spacial score (nSPS) is 9.86. The summed E-state index contributed by atoms with van der Waals surface area (Å²) in [6, 6.07) is 16.5. The molecular weight excluding hydrogens is 264 g/mol. The van der Waals surface area contributed by atoms with Crippen LogP contribution in [0.5, 0.6) is 0 Å². The first kappa shape index (κ1) is 14.6. The van der Waals surface area contributed by atoms with Crippen LogP contribution in [0, 0.1) is 11.3 Å². The van der Waals surface area contributed by atoms with Crippen molar-refractivity contribution in [3.05, 3.63) is 65.2 Å². The van der Waals surface area contributed by atoms with Crippen molar-refractivity contribution in [3.8, 4) is 6.07 Å². The quantitative estimate of drug-likeness (QED) is 0.675. The molecule has 0 spiro atoms. The first-order chi connectivity index (χ1) is 10.2. The minimum absolute atomic E-state index is 0.191. The number of ether oxygens (including phenoxy) is 1. The SMILES string of the molecule is N#Cc1cccc(COC(=O)CCc2ccc(N)cc2)c1. The largest absolute Gasteiger partial charge is 0.461 e. The van der Waals surface area contributed by atoms with Gasteiger partial charge in [-0.2, -0.15) is 5.26 Å². The van der Waals surface area contributed by atoms with E-state index >= 15 is 0 Å². The Hall–Kier alpha value is -2.80. The van der Waals surface area contributed by atoms with E-state index in [2.05, 4.69) is 6.07 Å². The lowest BCUT2D eigenvalue weighted by Gasteiger charge is -2.05. The molecule has 0 heterocycles. The zero-order chi connectivity index (χ0) is 15.1. The third-order valence-corrected chi connectivity index (χ3v) is 3.05. The van der Waals surface area contributed by atoms with Gasteiger partial charge in [-0.1, -0.05) is 24.3 Å². The lowest BCUT2D eigenvalue weighted by molar-refractivity contribution is -0.144. The Kier molecular flexibility index (Phi) is 4.94. The van der Waals surface area contributed by atoms with Crippen molar-refractivity contribution in [2.24, 2.45) is 0 Å². The third-order valence-electron chi connectivity index (χ3n) is 3.05. The Bertz CT molecular complexity index is 657. The Morgan fingerprint density at radius 2 is 1.90 bits per heavy atom. The monoisotopic (exact) mass is 280 g/mol. The number of rotatable bonds is 5. The molecule has 2 N–H and O–H groups in total. The van der Waals surface area contributed by atoms with Crippen molar-refractivity contribution in [3.63, 3.8) is 0 Å². The molecule has 0 bridgehead atoms. The Labute approximate surface area is 123 Å². The number of nitrogen functional groups attached to an aromatic ring is 1. The van der Waals surface area contributed by atoms with E-state index in [1.807, 2.05) is 30.3 Å². The van der Waals surface area contributed by atoms with Gasteiger partial charge in [0.1, 0.15) is 6.61 Å². The van der Waals surface area contributed by atoms with Gasteiger partial charge in [0.15, 0.2) is 0 Å². The van der Waals surface area contributed by atoms with E-state index in [0.29, 0.717) is 24.1 Å². The number of esters is 1. The molecule has 0 fully saturated rings. The average molecular weight is 280 g/mol. The molecule has 0 radical (unpaired) electrons. The predicted molar refractivity (Wildman–Crippen MR) is 80.1 cm³/mol. The molecule has 106 valence electrons. The fourth-order valence-corrected chi connectivity index (χ4v) is 1.90. The summed E-state index contributed by atoms with van der Waals surface area (Å²) in [5.74, 6) is -0.255. The molecule has 0 aliphatic carbocycles. The van der Waals surface area contributed by atoms with Gasteiger partial charge in [0, 0.05) is 12.1 Å². The maximum absolute atomic E-state index is 11.7. The van der Waals surface area contributed by atoms with Crippen LogP contribution >= 0.6 is 0 Å². The molecule has 0 aliphatic rings. The first-order valence-electron chi connectivity index (χ1n) is 6.66. The maximum Gasteiger partial charge on any atom is 0.306 e. The topological polar surface area (TPSA) is 76.1 Å². The second-order valence-electron chi connectivity index (χ2n) is 4.71. The fraction of sp³-hybridized carbons (Fsp3) is 0.176. The van der Waals surface area contributed by atoms with E-state index in [0.717, 1.165) is 11.1 Å². The minimum atomic E-state index is -0.255. The van der Waals surface area contributed by atoms with Crippen molar-refractivity contribution in [1.82, 2.24) is 0 Å². The van der Waals surface area contributed by atoms with Gasteiger partial charge in [-0.05, 0) is 41.8 Å². The van der Waals surface area contributed by atoms with Crippen molar-refractivity contribution in [2.45, 2.75) is 19.4 Å². The summed E-state index contributed by atoms with van der Waals surface area (Å²) >= 11 is 0. The molecule has 0 aliphatic heterocycles. The smallest absolute Gasteiger partial charge is 0.306 e. The number of carbonyl (C=O) groups is 1. The highest BCUT2D eigenvalue weighted by molar-refractivity contribution is 5.69. The number of nitriles is 1. The van der Waals surface area contributed by atoms with Gasteiger partial charge in [-0.3, -0.25) is 4.79 Å². The van der Waals surface area contributed by atoms with Crippen LogP contribution in [-0.4, -0.2) is 5.97 Å². The summed E-state index contributed by atoms with van der Waals surface area (Å²) in [6.07, 6.45) is 0.944. The summed E-state index contributed by atoms with van der Waals surface area (Å²) in [7, 11) is 0.